The van der Waals surface area contributed by atoms with E-state index in [1.54, 1.807) is 12.1 Å². The van der Waals surface area contributed by atoms with Crippen LogP contribution in [0.2, 0.25) is 0 Å². The predicted molar refractivity (Wildman–Crippen MR) is 99.1 cm³/mol. The van der Waals surface area contributed by atoms with Crippen LogP contribution in [0.25, 0.3) is 0 Å². The van der Waals surface area contributed by atoms with Crippen LogP contribution in [-0.2, 0) is 10.0 Å². The minimum Gasteiger partial charge on any atom is -0.486 e. The topological polar surface area (TPSA) is 64.6 Å². The smallest absolute Gasteiger partial charge is 0.240 e. The van der Waals surface area contributed by atoms with Gasteiger partial charge in [-0.15, -0.1) is 0 Å². The molecule has 2 aromatic carbocycles. The lowest BCUT2D eigenvalue weighted by atomic mass is 9.91. The molecule has 1 N–H and O–H groups in total. The average Bonchev–Trinajstić information content (AvgIpc) is 3.50. The molecule has 1 aliphatic carbocycles. The summed E-state index contributed by atoms with van der Waals surface area (Å²) in [5.74, 6) is 2.17. The third-order valence-electron chi connectivity index (χ3n) is 4.99. The number of hydrogen-bond acceptors (Lipinski definition) is 4. The Hall–Kier alpha value is -2.05. The summed E-state index contributed by atoms with van der Waals surface area (Å²) in [4.78, 5) is 0.212. The minimum absolute atomic E-state index is 0.212. The Morgan fingerprint density at radius 1 is 1.00 bits per heavy atom. The van der Waals surface area contributed by atoms with Gasteiger partial charge in [-0.1, -0.05) is 30.3 Å². The van der Waals surface area contributed by atoms with Crippen LogP contribution < -0.4 is 14.2 Å². The van der Waals surface area contributed by atoms with Crippen LogP contribution in [0, 0.1) is 5.92 Å². The normalized spacial score (nSPS) is 17.7. The number of fused-ring (bicyclic) bond motifs is 1. The van der Waals surface area contributed by atoms with Gasteiger partial charge in [0.05, 0.1) is 4.90 Å². The van der Waals surface area contributed by atoms with Crippen molar-refractivity contribution >= 4 is 10.0 Å². The Balaban J connectivity index is 1.42. The molecular weight excluding hydrogens is 350 g/mol. The largest absolute Gasteiger partial charge is 0.486 e. The molecule has 6 heteroatoms. The van der Waals surface area contributed by atoms with Crippen LogP contribution in [-0.4, -0.2) is 28.2 Å². The fourth-order valence-electron chi connectivity index (χ4n) is 3.50. The number of ether oxygens (including phenoxy) is 2. The van der Waals surface area contributed by atoms with E-state index >= 15 is 0 Å². The van der Waals surface area contributed by atoms with Gasteiger partial charge in [-0.3, -0.25) is 0 Å². The van der Waals surface area contributed by atoms with Crippen molar-refractivity contribution in [3.8, 4) is 11.5 Å². The zero-order valence-electron chi connectivity index (χ0n) is 14.6. The first kappa shape index (κ1) is 17.4. The van der Waals surface area contributed by atoms with Crippen LogP contribution >= 0.6 is 0 Å². The highest BCUT2D eigenvalue weighted by molar-refractivity contribution is 7.89. The fourth-order valence-corrected chi connectivity index (χ4v) is 4.56. The van der Waals surface area contributed by atoms with Crippen molar-refractivity contribution in [1.82, 2.24) is 4.72 Å². The Bertz CT molecular complexity index is 863. The van der Waals surface area contributed by atoms with Gasteiger partial charge in [0.15, 0.2) is 11.5 Å². The molecule has 1 atom stereocenters. The van der Waals surface area contributed by atoms with Crippen LogP contribution in [0.3, 0.4) is 0 Å². The van der Waals surface area contributed by atoms with E-state index in [1.165, 1.54) is 24.5 Å². The Morgan fingerprint density at radius 3 is 2.46 bits per heavy atom. The van der Waals surface area contributed by atoms with E-state index in [-0.39, 0.29) is 4.90 Å². The van der Waals surface area contributed by atoms with Crippen molar-refractivity contribution < 1.29 is 17.9 Å². The van der Waals surface area contributed by atoms with Crippen molar-refractivity contribution in [2.45, 2.75) is 30.1 Å². The number of sulfonamides is 1. The second kappa shape index (κ2) is 7.29. The van der Waals surface area contributed by atoms with E-state index in [2.05, 4.69) is 16.9 Å². The number of nitrogens with one attached hydrogen (secondary N) is 1. The van der Waals surface area contributed by atoms with Crippen molar-refractivity contribution in [1.29, 1.82) is 0 Å². The molecule has 2 aliphatic rings. The van der Waals surface area contributed by atoms with E-state index in [9.17, 15) is 8.42 Å². The lowest BCUT2D eigenvalue weighted by Gasteiger charge is -2.19. The maximum Gasteiger partial charge on any atom is 0.240 e. The lowest BCUT2D eigenvalue weighted by molar-refractivity contribution is 0.171. The summed E-state index contributed by atoms with van der Waals surface area (Å²) >= 11 is 0. The molecule has 0 bridgehead atoms. The highest BCUT2D eigenvalue weighted by atomic mass is 32.2. The second-order valence-electron chi connectivity index (χ2n) is 6.85. The van der Waals surface area contributed by atoms with Crippen molar-refractivity contribution in [3.05, 3.63) is 54.1 Å². The standard InChI is InChI=1S/C20H23NO4S/c22-26(23,17-8-9-19-20(14-17)25-13-12-24-19)21-11-10-18(16-6-7-16)15-4-2-1-3-5-15/h1-5,8-9,14,16,18,21H,6-7,10-13H2. The molecule has 1 fully saturated rings. The molecule has 0 amide bonds. The molecule has 1 unspecified atom stereocenters. The van der Waals surface area contributed by atoms with Gasteiger partial charge in [0.1, 0.15) is 13.2 Å². The van der Waals surface area contributed by atoms with E-state index in [4.69, 9.17) is 9.47 Å². The summed E-state index contributed by atoms with van der Waals surface area (Å²) in [6.07, 6.45) is 3.27. The molecule has 0 saturated heterocycles. The molecule has 0 radical (unpaired) electrons. The zero-order valence-corrected chi connectivity index (χ0v) is 15.4. The lowest BCUT2D eigenvalue weighted by Crippen LogP contribution is -2.26. The monoisotopic (exact) mass is 373 g/mol. The second-order valence-corrected chi connectivity index (χ2v) is 8.61. The maximum atomic E-state index is 12.6. The Labute approximate surface area is 154 Å². The molecule has 5 nitrogen and oxygen atoms in total. The van der Waals surface area contributed by atoms with Crippen LogP contribution in [0.4, 0.5) is 0 Å². The fraction of sp³-hybridized carbons (Fsp3) is 0.400. The van der Waals surface area contributed by atoms with Gasteiger partial charge in [-0.05, 0) is 48.8 Å². The first-order chi connectivity index (χ1) is 12.6. The number of rotatable bonds is 7. The van der Waals surface area contributed by atoms with E-state index in [0.29, 0.717) is 43.1 Å². The number of hydrogen-bond donors (Lipinski definition) is 1. The van der Waals surface area contributed by atoms with Gasteiger partial charge in [-0.25, -0.2) is 13.1 Å². The summed E-state index contributed by atoms with van der Waals surface area (Å²) in [5, 5.41) is 0. The SMILES string of the molecule is O=S(=O)(NCCC(c1ccccc1)C1CC1)c1ccc2c(c1)OCCO2. The van der Waals surface area contributed by atoms with Gasteiger partial charge in [-0.2, -0.15) is 0 Å². The van der Waals surface area contributed by atoms with Crippen molar-refractivity contribution in [2.24, 2.45) is 5.92 Å². The highest BCUT2D eigenvalue weighted by Gasteiger charge is 2.32. The van der Waals surface area contributed by atoms with Gasteiger partial charge >= 0.3 is 0 Å². The van der Waals surface area contributed by atoms with Crippen molar-refractivity contribution in [2.75, 3.05) is 19.8 Å². The van der Waals surface area contributed by atoms with E-state index in [1.807, 2.05) is 18.2 Å². The Kier molecular flexibility index (Phi) is 4.87. The molecule has 4 rings (SSSR count). The minimum atomic E-state index is -3.56. The third kappa shape index (κ3) is 3.86. The molecule has 0 aromatic heterocycles. The van der Waals surface area contributed by atoms with Crippen LogP contribution in [0.1, 0.15) is 30.7 Å². The zero-order chi connectivity index (χ0) is 18.0. The summed E-state index contributed by atoms with van der Waals surface area (Å²) < 4.78 is 38.9. The molecule has 1 saturated carbocycles. The van der Waals surface area contributed by atoms with E-state index in [0.717, 1.165) is 6.42 Å². The quantitative estimate of drug-likeness (QED) is 0.809. The van der Waals surface area contributed by atoms with Gasteiger partial charge in [0.2, 0.25) is 10.0 Å². The molecular formula is C20H23NO4S. The highest BCUT2D eigenvalue weighted by Crippen LogP contribution is 2.44. The first-order valence-corrected chi connectivity index (χ1v) is 10.6. The molecule has 1 heterocycles. The van der Waals surface area contributed by atoms with Crippen LogP contribution in [0.15, 0.2) is 53.4 Å². The summed E-state index contributed by atoms with van der Waals surface area (Å²) in [5.41, 5.74) is 1.30. The van der Waals surface area contributed by atoms with Gasteiger partial charge in [0, 0.05) is 12.6 Å². The average molecular weight is 373 g/mol. The molecule has 2 aromatic rings. The molecule has 138 valence electrons. The van der Waals surface area contributed by atoms with E-state index < -0.39 is 10.0 Å². The maximum absolute atomic E-state index is 12.6. The molecule has 26 heavy (non-hydrogen) atoms. The summed E-state index contributed by atoms with van der Waals surface area (Å²) in [6, 6.07) is 15.1. The third-order valence-corrected chi connectivity index (χ3v) is 6.45. The Morgan fingerprint density at radius 2 is 1.73 bits per heavy atom. The van der Waals surface area contributed by atoms with Gasteiger partial charge < -0.3 is 9.47 Å². The molecule has 1 aliphatic heterocycles. The predicted octanol–water partition coefficient (Wildman–Crippen LogP) is 3.32. The summed E-state index contributed by atoms with van der Waals surface area (Å²) in [7, 11) is -3.56. The molecule has 0 spiro atoms. The summed E-state index contributed by atoms with van der Waals surface area (Å²) in [6.45, 7) is 1.34. The number of benzene rings is 2. The van der Waals surface area contributed by atoms with Crippen LogP contribution in [0.5, 0.6) is 11.5 Å². The first-order valence-electron chi connectivity index (χ1n) is 9.08. The van der Waals surface area contributed by atoms with Crippen molar-refractivity contribution in [3.63, 3.8) is 0 Å². The van der Waals surface area contributed by atoms with Gasteiger partial charge in [0.25, 0.3) is 0 Å².